The van der Waals surface area contributed by atoms with Gasteiger partial charge >= 0.3 is 0 Å². The van der Waals surface area contributed by atoms with Crippen LogP contribution in [0.3, 0.4) is 0 Å². The van der Waals surface area contributed by atoms with Crippen molar-refractivity contribution in [2.24, 2.45) is 0 Å². The van der Waals surface area contributed by atoms with E-state index in [0.717, 1.165) is 4.47 Å². The minimum atomic E-state index is -0.612. The normalized spacial score (nSPS) is 10.6. The van der Waals surface area contributed by atoms with Crippen LogP contribution in [-0.2, 0) is 6.54 Å². The average molecular weight is 411 g/mol. The van der Waals surface area contributed by atoms with Crippen LogP contribution in [0.4, 0.5) is 14.5 Å². The van der Waals surface area contributed by atoms with Crippen molar-refractivity contribution in [3.05, 3.63) is 61.5 Å². The van der Waals surface area contributed by atoms with E-state index in [0.29, 0.717) is 10.7 Å². The minimum Gasteiger partial charge on any atom is -0.380 e. The van der Waals surface area contributed by atoms with Gasteiger partial charge in [-0.25, -0.2) is 8.78 Å². The fourth-order valence-electron chi connectivity index (χ4n) is 1.55. The minimum absolute atomic E-state index is 0.00722. The Hall–Kier alpha value is -0.650. The van der Waals surface area contributed by atoms with Crippen molar-refractivity contribution >= 4 is 49.1 Å². The molecule has 2 aromatic carbocycles. The third-order valence-electron chi connectivity index (χ3n) is 2.52. The van der Waals surface area contributed by atoms with Crippen LogP contribution in [0, 0.1) is 11.6 Å². The van der Waals surface area contributed by atoms with Crippen LogP contribution in [0.5, 0.6) is 0 Å². The molecule has 0 unspecified atom stereocenters. The van der Waals surface area contributed by atoms with Gasteiger partial charge in [-0.1, -0.05) is 27.5 Å². The second-order valence-corrected chi connectivity index (χ2v) is 5.98. The van der Waals surface area contributed by atoms with E-state index in [2.05, 4.69) is 37.2 Å². The summed E-state index contributed by atoms with van der Waals surface area (Å²) in [5.74, 6) is -1.21. The topological polar surface area (TPSA) is 12.0 Å². The molecule has 1 N–H and O–H groups in total. The first-order valence-corrected chi connectivity index (χ1v) is 7.26. The fourth-order valence-corrected chi connectivity index (χ4v) is 2.46. The first-order chi connectivity index (χ1) is 8.99. The molecule has 6 heteroatoms. The summed E-state index contributed by atoms with van der Waals surface area (Å²) in [6.07, 6.45) is 0. The summed E-state index contributed by atoms with van der Waals surface area (Å²) >= 11 is 12.3. The van der Waals surface area contributed by atoms with E-state index in [9.17, 15) is 8.78 Å². The molecular formula is C13H8Br2ClF2N. The van der Waals surface area contributed by atoms with E-state index in [1.807, 2.05) is 0 Å². The van der Waals surface area contributed by atoms with Crippen LogP contribution in [0.1, 0.15) is 5.56 Å². The second-order valence-electron chi connectivity index (χ2n) is 3.80. The Balaban J connectivity index is 2.24. The number of anilines is 1. The lowest BCUT2D eigenvalue weighted by Gasteiger charge is -2.11. The SMILES string of the molecule is Fc1ccc(Br)c(F)c1CNc1cc(Br)ccc1Cl. The van der Waals surface area contributed by atoms with E-state index >= 15 is 0 Å². The van der Waals surface area contributed by atoms with E-state index in [4.69, 9.17) is 11.6 Å². The quantitative estimate of drug-likeness (QED) is 0.634. The van der Waals surface area contributed by atoms with Gasteiger partial charge in [0.25, 0.3) is 0 Å². The molecule has 0 aliphatic heterocycles. The summed E-state index contributed by atoms with van der Waals surface area (Å²) in [5.41, 5.74) is 0.570. The zero-order valence-electron chi connectivity index (χ0n) is 9.48. The molecule has 2 rings (SSSR count). The highest BCUT2D eigenvalue weighted by Crippen LogP contribution is 2.27. The highest BCUT2D eigenvalue weighted by molar-refractivity contribution is 9.10. The summed E-state index contributed by atoms with van der Waals surface area (Å²) in [6.45, 7) is 0.00722. The molecule has 0 spiro atoms. The van der Waals surface area contributed by atoms with Crippen LogP contribution in [0.2, 0.25) is 5.02 Å². The van der Waals surface area contributed by atoms with Gasteiger partial charge in [0.15, 0.2) is 0 Å². The molecule has 0 aliphatic rings. The Labute approximate surface area is 131 Å². The Morgan fingerprint density at radius 1 is 1.11 bits per heavy atom. The monoisotopic (exact) mass is 409 g/mol. The number of halogens is 5. The molecule has 0 fully saturated rings. The first kappa shape index (κ1) is 14.8. The van der Waals surface area contributed by atoms with Gasteiger partial charge in [-0.2, -0.15) is 0 Å². The smallest absolute Gasteiger partial charge is 0.145 e. The summed E-state index contributed by atoms with van der Waals surface area (Å²) in [6, 6.07) is 7.78. The predicted molar refractivity (Wildman–Crippen MR) is 80.5 cm³/mol. The maximum atomic E-state index is 13.8. The number of hydrogen-bond acceptors (Lipinski definition) is 1. The van der Waals surface area contributed by atoms with Gasteiger partial charge in [-0.05, 0) is 46.3 Å². The molecule has 0 amide bonds. The molecule has 1 nitrogen and oxygen atoms in total. The standard InChI is InChI=1S/C13H8Br2ClF2N/c14-7-1-3-10(16)12(5-7)19-6-8-11(17)4-2-9(15)13(8)18/h1-5,19H,6H2. The lowest BCUT2D eigenvalue weighted by Crippen LogP contribution is -2.05. The van der Waals surface area contributed by atoms with Gasteiger partial charge in [0.2, 0.25) is 0 Å². The van der Waals surface area contributed by atoms with Crippen molar-refractivity contribution in [2.45, 2.75) is 6.54 Å². The maximum absolute atomic E-state index is 13.8. The molecule has 0 atom stereocenters. The van der Waals surface area contributed by atoms with Crippen LogP contribution >= 0.6 is 43.5 Å². The van der Waals surface area contributed by atoms with Crippen LogP contribution in [0.25, 0.3) is 0 Å². The fraction of sp³-hybridized carbons (Fsp3) is 0.0769. The Morgan fingerprint density at radius 3 is 2.58 bits per heavy atom. The molecule has 0 radical (unpaired) electrons. The Kier molecular flexibility index (Phi) is 4.81. The van der Waals surface area contributed by atoms with Crippen molar-refractivity contribution in [3.63, 3.8) is 0 Å². The zero-order valence-corrected chi connectivity index (χ0v) is 13.4. The van der Waals surface area contributed by atoms with Crippen LogP contribution in [0.15, 0.2) is 39.3 Å². The highest BCUT2D eigenvalue weighted by Gasteiger charge is 2.12. The van der Waals surface area contributed by atoms with E-state index in [1.54, 1.807) is 18.2 Å². The van der Waals surface area contributed by atoms with Gasteiger partial charge in [-0.3, -0.25) is 0 Å². The van der Waals surface area contributed by atoms with E-state index in [-0.39, 0.29) is 16.6 Å². The third-order valence-corrected chi connectivity index (χ3v) is 3.96. The Bertz CT molecular complexity index is 620. The highest BCUT2D eigenvalue weighted by atomic mass is 79.9. The molecule has 0 aliphatic carbocycles. The molecule has 2 aromatic rings. The number of hydrogen-bond donors (Lipinski definition) is 1. The predicted octanol–water partition coefficient (Wildman–Crippen LogP) is 5.76. The van der Waals surface area contributed by atoms with Crippen LogP contribution in [-0.4, -0.2) is 0 Å². The van der Waals surface area contributed by atoms with Gasteiger partial charge in [0.05, 0.1) is 15.2 Å². The molecule has 100 valence electrons. The lowest BCUT2D eigenvalue weighted by molar-refractivity contribution is 0.555. The number of rotatable bonds is 3. The molecule has 0 saturated heterocycles. The summed E-state index contributed by atoms with van der Waals surface area (Å²) in [5, 5.41) is 3.40. The first-order valence-electron chi connectivity index (χ1n) is 5.30. The zero-order chi connectivity index (χ0) is 14.0. The molecule has 19 heavy (non-hydrogen) atoms. The number of nitrogens with one attached hydrogen (secondary N) is 1. The van der Waals surface area contributed by atoms with Gasteiger partial charge in [-0.15, -0.1) is 0 Å². The van der Waals surface area contributed by atoms with E-state index in [1.165, 1.54) is 12.1 Å². The van der Waals surface area contributed by atoms with Gasteiger partial charge in [0, 0.05) is 16.6 Å². The molecule has 0 saturated carbocycles. The van der Waals surface area contributed by atoms with Crippen molar-refractivity contribution in [2.75, 3.05) is 5.32 Å². The van der Waals surface area contributed by atoms with Crippen molar-refractivity contribution in [1.29, 1.82) is 0 Å². The molecular weight excluding hydrogens is 403 g/mol. The average Bonchev–Trinajstić information content (AvgIpc) is 2.38. The van der Waals surface area contributed by atoms with Crippen molar-refractivity contribution in [3.8, 4) is 0 Å². The van der Waals surface area contributed by atoms with Gasteiger partial charge in [0.1, 0.15) is 11.6 Å². The summed E-state index contributed by atoms with van der Waals surface area (Å²) in [4.78, 5) is 0. The van der Waals surface area contributed by atoms with Gasteiger partial charge < -0.3 is 5.32 Å². The lowest BCUT2D eigenvalue weighted by atomic mass is 10.2. The summed E-state index contributed by atoms with van der Waals surface area (Å²) < 4.78 is 28.4. The summed E-state index contributed by atoms with van der Waals surface area (Å²) in [7, 11) is 0. The maximum Gasteiger partial charge on any atom is 0.145 e. The molecule has 0 bridgehead atoms. The second kappa shape index (κ2) is 6.20. The van der Waals surface area contributed by atoms with Crippen LogP contribution < -0.4 is 5.32 Å². The third kappa shape index (κ3) is 3.46. The Morgan fingerprint density at radius 2 is 1.84 bits per heavy atom. The van der Waals surface area contributed by atoms with Crippen molar-refractivity contribution in [1.82, 2.24) is 0 Å². The largest absolute Gasteiger partial charge is 0.380 e. The van der Waals surface area contributed by atoms with Crippen molar-refractivity contribution < 1.29 is 8.78 Å². The molecule has 0 aromatic heterocycles. The van der Waals surface area contributed by atoms with E-state index < -0.39 is 11.6 Å². The number of benzene rings is 2. The molecule has 0 heterocycles.